The van der Waals surface area contributed by atoms with E-state index in [4.69, 9.17) is 16.6 Å². The molecule has 2 aromatic heterocycles. The van der Waals surface area contributed by atoms with Gasteiger partial charge < -0.3 is 9.88 Å². The van der Waals surface area contributed by atoms with E-state index < -0.39 is 0 Å². The largest absolute Gasteiger partial charge is 0.361 e. The number of hydrogen-bond acceptors (Lipinski definition) is 3. The van der Waals surface area contributed by atoms with Crippen molar-refractivity contribution in [2.75, 3.05) is 6.54 Å². The maximum atomic E-state index is 6.35. The summed E-state index contributed by atoms with van der Waals surface area (Å²) in [5.41, 5.74) is 7.90. The van der Waals surface area contributed by atoms with Crippen LogP contribution in [0.3, 0.4) is 0 Å². The number of nitrogens with zero attached hydrogens (tertiary/aromatic N) is 3. The zero-order chi connectivity index (χ0) is 20.8. The lowest BCUT2D eigenvalue weighted by molar-refractivity contribution is 0.289. The van der Waals surface area contributed by atoms with Crippen molar-refractivity contribution in [1.82, 2.24) is 19.9 Å². The molecule has 0 amide bonds. The van der Waals surface area contributed by atoms with Crippen molar-refractivity contribution >= 4 is 28.2 Å². The second-order valence-corrected chi connectivity index (χ2v) is 8.81. The van der Waals surface area contributed by atoms with E-state index in [0.717, 1.165) is 52.5 Å². The van der Waals surface area contributed by atoms with Gasteiger partial charge in [0.15, 0.2) is 0 Å². The molecule has 4 nitrogen and oxygen atoms in total. The summed E-state index contributed by atoms with van der Waals surface area (Å²) in [6.07, 6.45) is 8.56. The lowest BCUT2D eigenvalue weighted by Gasteiger charge is -2.34. The van der Waals surface area contributed by atoms with Crippen molar-refractivity contribution in [3.05, 3.63) is 82.4 Å². The van der Waals surface area contributed by atoms with E-state index in [1.54, 1.807) is 0 Å². The van der Waals surface area contributed by atoms with Crippen molar-refractivity contribution in [2.45, 2.75) is 39.7 Å². The molecule has 3 aromatic rings. The highest BCUT2D eigenvalue weighted by Gasteiger charge is 2.38. The molecular weight excluding hydrogens is 392 g/mol. The van der Waals surface area contributed by atoms with Gasteiger partial charge in [-0.15, -0.1) is 0 Å². The van der Waals surface area contributed by atoms with Gasteiger partial charge in [0, 0.05) is 29.0 Å². The predicted octanol–water partition coefficient (Wildman–Crippen LogP) is 6.27. The fourth-order valence-electron chi connectivity index (χ4n) is 4.85. The Morgan fingerprint density at radius 2 is 2.03 bits per heavy atom. The number of aryl methyl sites for hydroxylation is 1. The minimum atomic E-state index is 0.194. The lowest BCUT2D eigenvalue weighted by Crippen LogP contribution is -2.28. The quantitative estimate of drug-likeness (QED) is 0.546. The Balaban J connectivity index is 1.64. The minimum absolute atomic E-state index is 0.194. The van der Waals surface area contributed by atoms with Gasteiger partial charge in [-0.25, -0.2) is 4.98 Å². The van der Waals surface area contributed by atoms with Gasteiger partial charge in [-0.2, -0.15) is 0 Å². The number of benzene rings is 1. The van der Waals surface area contributed by atoms with Crippen LogP contribution >= 0.6 is 11.6 Å². The zero-order valence-corrected chi connectivity index (χ0v) is 18.4. The first-order valence-electron chi connectivity index (χ1n) is 10.6. The summed E-state index contributed by atoms with van der Waals surface area (Å²) in [4.78, 5) is 15.8. The monoisotopic (exact) mass is 417 g/mol. The Morgan fingerprint density at radius 1 is 1.17 bits per heavy atom. The molecule has 153 valence electrons. The van der Waals surface area contributed by atoms with Gasteiger partial charge in [-0.05, 0) is 74.4 Å². The molecule has 0 bridgehead atoms. The van der Waals surface area contributed by atoms with Crippen LogP contribution < -0.4 is 0 Å². The smallest absolute Gasteiger partial charge is 0.130 e. The second kappa shape index (κ2) is 7.59. The summed E-state index contributed by atoms with van der Waals surface area (Å²) >= 11 is 6.35. The van der Waals surface area contributed by atoms with Gasteiger partial charge in [0.1, 0.15) is 5.82 Å². The first-order valence-corrected chi connectivity index (χ1v) is 11.0. The normalized spacial score (nSPS) is 22.1. The standard InChI is InChI=1S/C25H26ClN4/c1-15-7-6-8-18(20-9-4-5-13-27-20)23(15)30-14-12-16(2)24(30)25-28-21-11-10-19(26)17(3)22(21)29-25/h4-5,7-11,13,16,24H,6,12,14H2,1-3H3,(H,28,29)/t16-,24-/m0/s1. The molecule has 0 spiro atoms. The van der Waals surface area contributed by atoms with Crippen LogP contribution in [0.5, 0.6) is 0 Å². The Kier molecular flexibility index (Phi) is 4.90. The van der Waals surface area contributed by atoms with E-state index in [0.29, 0.717) is 5.92 Å². The third kappa shape index (κ3) is 3.14. The van der Waals surface area contributed by atoms with Crippen molar-refractivity contribution in [2.24, 2.45) is 5.92 Å². The van der Waals surface area contributed by atoms with Gasteiger partial charge >= 0.3 is 0 Å². The topological polar surface area (TPSA) is 44.8 Å². The number of fused-ring (bicyclic) bond motifs is 1. The Hall–Kier alpha value is -2.59. The maximum Gasteiger partial charge on any atom is 0.130 e. The van der Waals surface area contributed by atoms with Gasteiger partial charge in [0.2, 0.25) is 0 Å². The Morgan fingerprint density at radius 3 is 2.83 bits per heavy atom. The van der Waals surface area contributed by atoms with E-state index in [9.17, 15) is 0 Å². The van der Waals surface area contributed by atoms with E-state index in [1.165, 1.54) is 16.8 Å². The fourth-order valence-corrected chi connectivity index (χ4v) is 5.00. The SMILES string of the molecule is CC1=CC[CH]C(c2ccccn2)=C1N1CC[C@H](C)[C@H]1c1nc2c(C)c(Cl)ccc2[nH]1. The number of aromatic amines is 1. The Bertz CT molecular complexity index is 1160. The fraction of sp³-hybridized carbons (Fsp3) is 0.320. The molecule has 0 saturated carbocycles. The number of nitrogens with one attached hydrogen (secondary N) is 1. The molecule has 5 rings (SSSR count). The molecule has 2 atom stereocenters. The van der Waals surface area contributed by atoms with Gasteiger partial charge in [-0.3, -0.25) is 4.98 Å². The van der Waals surface area contributed by atoms with Gasteiger partial charge in [0.05, 0.1) is 22.8 Å². The predicted molar refractivity (Wildman–Crippen MR) is 123 cm³/mol. The zero-order valence-electron chi connectivity index (χ0n) is 17.6. The second-order valence-electron chi connectivity index (χ2n) is 8.40. The summed E-state index contributed by atoms with van der Waals surface area (Å²) in [5, 5.41) is 0.762. The molecular formula is C25H26ClN4. The van der Waals surface area contributed by atoms with Crippen LogP contribution in [0.2, 0.25) is 5.02 Å². The number of pyridine rings is 1. The highest BCUT2D eigenvalue weighted by atomic mass is 35.5. The summed E-state index contributed by atoms with van der Waals surface area (Å²) in [6, 6.07) is 10.3. The molecule has 1 aliphatic carbocycles. The summed E-state index contributed by atoms with van der Waals surface area (Å²) in [7, 11) is 0. The number of H-pyrrole nitrogens is 1. The van der Waals surface area contributed by atoms with E-state index in [-0.39, 0.29) is 6.04 Å². The molecule has 3 heterocycles. The highest BCUT2D eigenvalue weighted by Crippen LogP contribution is 2.44. The Labute approximate surface area is 182 Å². The summed E-state index contributed by atoms with van der Waals surface area (Å²) in [6.45, 7) is 7.58. The molecule has 5 heteroatoms. The third-order valence-corrected chi connectivity index (χ3v) is 6.85. The molecule has 30 heavy (non-hydrogen) atoms. The van der Waals surface area contributed by atoms with Crippen LogP contribution in [0.4, 0.5) is 0 Å². The van der Waals surface area contributed by atoms with Crippen molar-refractivity contribution in [3.8, 4) is 0 Å². The summed E-state index contributed by atoms with van der Waals surface area (Å²) in [5.74, 6) is 1.51. The van der Waals surface area contributed by atoms with E-state index in [1.807, 2.05) is 31.3 Å². The first kappa shape index (κ1) is 19.4. The number of imidazole rings is 1. The van der Waals surface area contributed by atoms with Crippen LogP contribution in [0.15, 0.2) is 53.9 Å². The van der Waals surface area contributed by atoms with E-state index >= 15 is 0 Å². The molecule has 1 saturated heterocycles. The lowest BCUT2D eigenvalue weighted by atomic mass is 9.92. The molecule has 1 aromatic carbocycles. The molecule has 1 fully saturated rings. The van der Waals surface area contributed by atoms with E-state index in [2.05, 4.69) is 53.3 Å². The minimum Gasteiger partial charge on any atom is -0.361 e. The number of halogens is 1. The number of hydrogen-bond donors (Lipinski definition) is 1. The molecule has 1 aliphatic heterocycles. The first-order chi connectivity index (χ1) is 14.5. The number of allylic oxidation sites excluding steroid dienone is 3. The maximum absolute atomic E-state index is 6.35. The number of aromatic nitrogens is 3. The molecule has 1 radical (unpaired) electrons. The van der Waals surface area contributed by atoms with Crippen molar-refractivity contribution < 1.29 is 0 Å². The van der Waals surface area contributed by atoms with Crippen LogP contribution in [0.1, 0.15) is 49.8 Å². The highest BCUT2D eigenvalue weighted by molar-refractivity contribution is 6.32. The number of likely N-dealkylation sites (tertiary alicyclic amines) is 1. The van der Waals surface area contributed by atoms with Crippen LogP contribution in [-0.4, -0.2) is 26.4 Å². The third-order valence-electron chi connectivity index (χ3n) is 6.44. The van der Waals surface area contributed by atoms with Gasteiger partial charge in [0.25, 0.3) is 0 Å². The average molecular weight is 418 g/mol. The molecule has 1 N–H and O–H groups in total. The number of rotatable bonds is 3. The van der Waals surface area contributed by atoms with Crippen LogP contribution in [-0.2, 0) is 0 Å². The van der Waals surface area contributed by atoms with Gasteiger partial charge in [-0.1, -0.05) is 30.7 Å². The summed E-state index contributed by atoms with van der Waals surface area (Å²) < 4.78 is 0. The molecule has 0 unspecified atom stereocenters. The van der Waals surface area contributed by atoms with Crippen LogP contribution in [0, 0.1) is 19.3 Å². The molecule has 2 aliphatic rings. The average Bonchev–Trinajstić information content (AvgIpc) is 3.35. The van der Waals surface area contributed by atoms with Crippen LogP contribution in [0.25, 0.3) is 16.6 Å². The van der Waals surface area contributed by atoms with Crippen molar-refractivity contribution in [3.63, 3.8) is 0 Å². The van der Waals surface area contributed by atoms with Crippen molar-refractivity contribution in [1.29, 1.82) is 0 Å².